The second-order valence-corrected chi connectivity index (χ2v) is 8.19. The Balaban J connectivity index is 1.54. The maximum atomic E-state index is 12.9. The molecule has 0 radical (unpaired) electrons. The highest BCUT2D eigenvalue weighted by Crippen LogP contribution is 2.29. The lowest BCUT2D eigenvalue weighted by molar-refractivity contribution is -0.139. The number of amides is 2. The Morgan fingerprint density at radius 3 is 2.14 bits per heavy atom. The number of likely N-dealkylation sites (tertiary alicyclic amines) is 2. The van der Waals surface area contributed by atoms with Gasteiger partial charge in [-0.25, -0.2) is 0 Å². The number of alkyl halides is 3. The Morgan fingerprint density at radius 1 is 0.966 bits per heavy atom. The van der Waals surface area contributed by atoms with Gasteiger partial charge in [-0.2, -0.15) is 13.2 Å². The molecule has 3 rings (SSSR count). The number of hydrogen-bond donors (Lipinski definition) is 0. The van der Waals surface area contributed by atoms with E-state index in [4.69, 9.17) is 0 Å². The Labute approximate surface area is 169 Å². The van der Waals surface area contributed by atoms with Crippen LogP contribution >= 0.6 is 0 Å². The maximum absolute atomic E-state index is 12.9. The number of rotatable bonds is 3. The molecule has 2 amide bonds. The third kappa shape index (κ3) is 5.10. The van der Waals surface area contributed by atoms with Crippen LogP contribution in [-0.2, 0) is 11.0 Å². The van der Waals surface area contributed by atoms with Gasteiger partial charge in [-0.3, -0.25) is 9.59 Å². The summed E-state index contributed by atoms with van der Waals surface area (Å²) in [4.78, 5) is 31.2. The molecule has 2 fully saturated rings. The number of hydrogen-bond acceptors (Lipinski definition) is 3. The van der Waals surface area contributed by atoms with Gasteiger partial charge in [0.25, 0.3) is 5.91 Å². The molecule has 1 unspecified atom stereocenters. The van der Waals surface area contributed by atoms with E-state index in [-0.39, 0.29) is 23.3 Å². The second kappa shape index (κ2) is 8.73. The Kier molecular flexibility index (Phi) is 6.51. The summed E-state index contributed by atoms with van der Waals surface area (Å²) in [5.74, 6) is -0.207. The van der Waals surface area contributed by atoms with Gasteiger partial charge in [0.2, 0.25) is 5.91 Å². The summed E-state index contributed by atoms with van der Waals surface area (Å²) in [6.45, 7) is 2.42. The molecule has 5 nitrogen and oxygen atoms in total. The van der Waals surface area contributed by atoms with E-state index in [1.165, 1.54) is 12.1 Å². The van der Waals surface area contributed by atoms with Gasteiger partial charge >= 0.3 is 6.18 Å². The Morgan fingerprint density at radius 2 is 1.59 bits per heavy atom. The Bertz CT molecular complexity index is 726. The van der Waals surface area contributed by atoms with E-state index in [0.717, 1.165) is 38.1 Å². The standard InChI is InChI=1S/C21H28F3N3O2/c1-25(2)18-4-3-11-27(14-18)20(29)16-9-12-26(13-10-16)19(28)15-5-7-17(8-6-15)21(22,23)24/h5-8,16,18H,3-4,9-14H2,1-2H3. The number of halogens is 3. The first-order chi connectivity index (χ1) is 13.7. The Hall–Kier alpha value is -2.09. The van der Waals surface area contributed by atoms with Crippen LogP contribution in [-0.4, -0.2) is 72.8 Å². The van der Waals surface area contributed by atoms with E-state index >= 15 is 0 Å². The van der Waals surface area contributed by atoms with Crippen LogP contribution in [0.1, 0.15) is 41.6 Å². The summed E-state index contributed by atoms with van der Waals surface area (Å²) >= 11 is 0. The molecule has 0 N–H and O–H groups in total. The van der Waals surface area contributed by atoms with Crippen LogP contribution in [0.3, 0.4) is 0 Å². The van der Waals surface area contributed by atoms with Crippen LogP contribution in [0.2, 0.25) is 0 Å². The normalized spacial score (nSPS) is 21.5. The van der Waals surface area contributed by atoms with Crippen molar-refractivity contribution in [1.29, 1.82) is 0 Å². The number of benzene rings is 1. The first kappa shape index (κ1) is 21.6. The summed E-state index contributed by atoms with van der Waals surface area (Å²) in [6, 6.07) is 4.69. The van der Waals surface area contributed by atoms with Crippen LogP contribution < -0.4 is 0 Å². The molecule has 2 aliphatic rings. The zero-order valence-electron chi connectivity index (χ0n) is 16.9. The first-order valence-electron chi connectivity index (χ1n) is 10.1. The van der Waals surface area contributed by atoms with Crippen LogP contribution in [0.25, 0.3) is 0 Å². The summed E-state index contributed by atoms with van der Waals surface area (Å²) in [5, 5.41) is 0. The number of carbonyl (C=O) groups excluding carboxylic acids is 2. The zero-order valence-corrected chi connectivity index (χ0v) is 16.9. The summed E-state index contributed by atoms with van der Waals surface area (Å²) in [6.07, 6.45) is -1.14. The average molecular weight is 411 g/mol. The highest BCUT2D eigenvalue weighted by Gasteiger charge is 2.34. The van der Waals surface area contributed by atoms with E-state index in [9.17, 15) is 22.8 Å². The fraction of sp³-hybridized carbons (Fsp3) is 0.619. The maximum Gasteiger partial charge on any atom is 0.416 e. The summed E-state index contributed by atoms with van der Waals surface area (Å²) < 4.78 is 38.0. The van der Waals surface area contributed by atoms with Crippen molar-refractivity contribution in [2.45, 2.75) is 37.9 Å². The molecule has 0 bridgehead atoms. The number of nitrogens with zero attached hydrogens (tertiary/aromatic N) is 3. The fourth-order valence-corrected chi connectivity index (χ4v) is 4.15. The van der Waals surface area contributed by atoms with Crippen LogP contribution in [0.15, 0.2) is 24.3 Å². The molecule has 2 saturated heterocycles. The van der Waals surface area contributed by atoms with E-state index in [1.807, 2.05) is 19.0 Å². The van der Waals surface area contributed by atoms with Gasteiger partial charge in [0.05, 0.1) is 5.56 Å². The predicted octanol–water partition coefficient (Wildman–Crippen LogP) is 3.11. The van der Waals surface area contributed by atoms with Crippen molar-refractivity contribution in [2.75, 3.05) is 40.3 Å². The monoisotopic (exact) mass is 411 g/mol. The van der Waals surface area contributed by atoms with E-state index in [0.29, 0.717) is 32.0 Å². The van der Waals surface area contributed by atoms with Gasteiger partial charge in [-0.1, -0.05) is 0 Å². The topological polar surface area (TPSA) is 43.9 Å². The summed E-state index contributed by atoms with van der Waals surface area (Å²) in [5.41, 5.74) is -0.524. The van der Waals surface area contributed by atoms with Gasteiger partial charge in [-0.15, -0.1) is 0 Å². The number of carbonyl (C=O) groups is 2. The van der Waals surface area contributed by atoms with E-state index in [1.54, 1.807) is 4.90 Å². The molecule has 0 aliphatic carbocycles. The lowest BCUT2D eigenvalue weighted by atomic mass is 9.93. The van der Waals surface area contributed by atoms with Crippen LogP contribution in [0.5, 0.6) is 0 Å². The third-order valence-electron chi connectivity index (χ3n) is 6.03. The van der Waals surface area contributed by atoms with Gasteiger partial charge < -0.3 is 14.7 Å². The van der Waals surface area contributed by atoms with Gasteiger partial charge in [0, 0.05) is 43.7 Å². The SMILES string of the molecule is CN(C)C1CCCN(C(=O)C2CCN(C(=O)c3ccc(C(F)(F)F)cc3)CC2)C1. The molecule has 0 spiro atoms. The van der Waals surface area contributed by atoms with Crippen LogP contribution in [0.4, 0.5) is 13.2 Å². The molecule has 1 aromatic rings. The minimum atomic E-state index is -4.42. The van der Waals surface area contributed by atoms with Crippen molar-refractivity contribution in [3.05, 3.63) is 35.4 Å². The molecule has 0 aromatic heterocycles. The van der Waals surface area contributed by atoms with Crippen molar-refractivity contribution in [1.82, 2.24) is 14.7 Å². The van der Waals surface area contributed by atoms with Crippen LogP contribution in [0, 0.1) is 5.92 Å². The van der Waals surface area contributed by atoms with Crippen molar-refractivity contribution < 1.29 is 22.8 Å². The van der Waals surface area contributed by atoms with Crippen molar-refractivity contribution in [3.63, 3.8) is 0 Å². The molecule has 1 atom stereocenters. The number of piperidine rings is 2. The first-order valence-corrected chi connectivity index (χ1v) is 10.1. The van der Waals surface area contributed by atoms with Gasteiger partial charge in [0.15, 0.2) is 0 Å². The van der Waals surface area contributed by atoms with Crippen molar-refractivity contribution >= 4 is 11.8 Å². The second-order valence-electron chi connectivity index (χ2n) is 8.19. The van der Waals surface area contributed by atoms with Gasteiger partial charge in [-0.05, 0) is 64.0 Å². The molecule has 29 heavy (non-hydrogen) atoms. The zero-order chi connectivity index (χ0) is 21.2. The largest absolute Gasteiger partial charge is 0.416 e. The minimum Gasteiger partial charge on any atom is -0.341 e. The molecule has 160 valence electrons. The molecule has 0 saturated carbocycles. The highest BCUT2D eigenvalue weighted by atomic mass is 19.4. The average Bonchev–Trinajstić information content (AvgIpc) is 2.72. The smallest absolute Gasteiger partial charge is 0.341 e. The molecule has 2 heterocycles. The molecule has 2 aliphatic heterocycles. The molecular formula is C21H28F3N3O2. The summed E-state index contributed by atoms with van der Waals surface area (Å²) in [7, 11) is 4.06. The van der Waals surface area contributed by atoms with Crippen molar-refractivity contribution in [2.24, 2.45) is 5.92 Å². The molecular weight excluding hydrogens is 383 g/mol. The highest BCUT2D eigenvalue weighted by molar-refractivity contribution is 5.94. The molecule has 8 heteroatoms. The number of likely N-dealkylation sites (N-methyl/N-ethyl adjacent to an activating group) is 1. The molecule has 1 aromatic carbocycles. The predicted molar refractivity (Wildman–Crippen MR) is 103 cm³/mol. The van der Waals surface area contributed by atoms with E-state index in [2.05, 4.69) is 4.90 Å². The van der Waals surface area contributed by atoms with Gasteiger partial charge in [0.1, 0.15) is 0 Å². The third-order valence-corrected chi connectivity index (χ3v) is 6.03. The fourth-order valence-electron chi connectivity index (χ4n) is 4.15. The minimum absolute atomic E-state index is 0.0902. The van der Waals surface area contributed by atoms with Crippen molar-refractivity contribution in [3.8, 4) is 0 Å². The van der Waals surface area contributed by atoms with E-state index < -0.39 is 11.7 Å². The lowest BCUT2D eigenvalue weighted by Gasteiger charge is -2.39. The lowest BCUT2D eigenvalue weighted by Crippen LogP contribution is -2.51. The quantitative estimate of drug-likeness (QED) is 0.768.